The average Bonchev–Trinajstić information content (AvgIpc) is 2.74. The standard InChI is InChI=1S/C22H32O4.C2H6.4CH4/c1-3-5-7-17-9-11-18(12-10-17)22(24)26-20-15-13-19(14-16-20)25-21(23)8-6-4-2;1-2;;;;/h13-18H,3-12H2,1-2H3;1-2H3;4*1H4. The van der Waals surface area contributed by atoms with Crippen LogP contribution in [-0.4, -0.2) is 11.9 Å². The van der Waals surface area contributed by atoms with E-state index < -0.39 is 0 Å². The summed E-state index contributed by atoms with van der Waals surface area (Å²) in [4.78, 5) is 24.0. The zero-order valence-corrected chi connectivity index (χ0v) is 18.2. The third kappa shape index (κ3) is 14.3. The fourth-order valence-electron chi connectivity index (χ4n) is 3.46. The van der Waals surface area contributed by atoms with Crippen LogP contribution in [0.1, 0.15) is 122 Å². The van der Waals surface area contributed by atoms with E-state index in [0.717, 1.165) is 44.4 Å². The Morgan fingerprint density at radius 1 is 0.781 bits per heavy atom. The first kappa shape index (κ1) is 37.5. The molecule has 2 rings (SSSR count). The summed E-state index contributed by atoms with van der Waals surface area (Å²) in [5.41, 5.74) is 0. The molecule has 0 heterocycles. The summed E-state index contributed by atoms with van der Waals surface area (Å²) in [6, 6.07) is 6.72. The molecule has 0 atom stereocenters. The van der Waals surface area contributed by atoms with E-state index in [1.165, 1.54) is 19.3 Å². The van der Waals surface area contributed by atoms with Gasteiger partial charge in [-0.1, -0.05) is 83.1 Å². The molecule has 1 aromatic carbocycles. The minimum absolute atomic E-state index is 0. The fraction of sp³-hybridized carbons (Fsp3) is 0.714. The molecule has 0 unspecified atom stereocenters. The highest BCUT2D eigenvalue weighted by molar-refractivity contribution is 5.75. The van der Waals surface area contributed by atoms with Crippen LogP contribution in [0.3, 0.4) is 0 Å². The maximum atomic E-state index is 12.4. The normalized spacial score (nSPS) is 16.2. The molecule has 4 nitrogen and oxygen atoms in total. The Labute approximate surface area is 200 Å². The predicted molar refractivity (Wildman–Crippen MR) is 140 cm³/mol. The molecule has 0 aromatic heterocycles. The lowest BCUT2D eigenvalue weighted by Gasteiger charge is -2.27. The summed E-state index contributed by atoms with van der Waals surface area (Å²) in [6.07, 6.45) is 10.2. The lowest BCUT2D eigenvalue weighted by Crippen LogP contribution is -2.25. The van der Waals surface area contributed by atoms with E-state index in [2.05, 4.69) is 6.92 Å². The molecule has 0 aliphatic heterocycles. The molecular formula is C28H54O4. The van der Waals surface area contributed by atoms with Gasteiger partial charge in [0.2, 0.25) is 0 Å². The van der Waals surface area contributed by atoms with Crippen molar-refractivity contribution in [3.05, 3.63) is 24.3 Å². The molecule has 190 valence electrons. The molecule has 4 heteroatoms. The molecule has 0 radical (unpaired) electrons. The Morgan fingerprint density at radius 2 is 1.25 bits per heavy atom. The van der Waals surface area contributed by atoms with Crippen molar-refractivity contribution in [2.24, 2.45) is 11.8 Å². The second kappa shape index (κ2) is 22.4. The van der Waals surface area contributed by atoms with Crippen molar-refractivity contribution >= 4 is 11.9 Å². The van der Waals surface area contributed by atoms with Gasteiger partial charge in [-0.2, -0.15) is 0 Å². The highest BCUT2D eigenvalue weighted by Gasteiger charge is 2.27. The topological polar surface area (TPSA) is 52.6 Å². The SMILES string of the molecule is C.C.C.C.CC.CCCCC(=O)Oc1ccc(OC(=O)C2CCC(CCCC)CC2)cc1. The van der Waals surface area contributed by atoms with Crippen molar-refractivity contribution in [1.82, 2.24) is 0 Å². The number of carbonyl (C=O) groups is 2. The van der Waals surface area contributed by atoms with E-state index in [9.17, 15) is 9.59 Å². The zero-order valence-electron chi connectivity index (χ0n) is 18.2. The minimum atomic E-state index is -0.226. The first-order valence-electron chi connectivity index (χ1n) is 11.1. The van der Waals surface area contributed by atoms with Gasteiger partial charge < -0.3 is 9.47 Å². The van der Waals surface area contributed by atoms with Gasteiger partial charge in [0, 0.05) is 6.42 Å². The highest BCUT2D eigenvalue weighted by Crippen LogP contribution is 2.33. The summed E-state index contributed by atoms with van der Waals surface area (Å²) in [7, 11) is 0. The second-order valence-electron chi connectivity index (χ2n) is 7.33. The Morgan fingerprint density at radius 3 is 1.72 bits per heavy atom. The van der Waals surface area contributed by atoms with E-state index >= 15 is 0 Å². The molecule has 1 aliphatic rings. The van der Waals surface area contributed by atoms with Gasteiger partial charge in [0.25, 0.3) is 0 Å². The number of benzene rings is 1. The van der Waals surface area contributed by atoms with Crippen LogP contribution in [0, 0.1) is 11.8 Å². The van der Waals surface area contributed by atoms with Crippen LogP contribution in [0.25, 0.3) is 0 Å². The second-order valence-corrected chi connectivity index (χ2v) is 7.33. The first-order valence-corrected chi connectivity index (χ1v) is 11.1. The van der Waals surface area contributed by atoms with Gasteiger partial charge in [-0.25, -0.2) is 0 Å². The van der Waals surface area contributed by atoms with Gasteiger partial charge in [0.05, 0.1) is 5.92 Å². The van der Waals surface area contributed by atoms with E-state index in [4.69, 9.17) is 9.47 Å². The molecule has 0 bridgehead atoms. The number of hydrogen-bond acceptors (Lipinski definition) is 4. The van der Waals surface area contributed by atoms with Crippen LogP contribution >= 0.6 is 0 Å². The van der Waals surface area contributed by atoms with E-state index in [-0.39, 0.29) is 47.6 Å². The van der Waals surface area contributed by atoms with Crippen LogP contribution in [0.5, 0.6) is 11.5 Å². The number of hydrogen-bond donors (Lipinski definition) is 0. The van der Waals surface area contributed by atoms with Gasteiger partial charge in [-0.15, -0.1) is 0 Å². The Hall–Kier alpha value is -1.84. The molecule has 1 aliphatic carbocycles. The first-order chi connectivity index (χ1) is 13.6. The average molecular weight is 455 g/mol. The summed E-state index contributed by atoms with van der Waals surface area (Å²) in [6.45, 7) is 8.26. The lowest BCUT2D eigenvalue weighted by atomic mass is 9.80. The third-order valence-corrected chi connectivity index (χ3v) is 5.15. The van der Waals surface area contributed by atoms with Gasteiger partial charge in [0.1, 0.15) is 11.5 Å². The van der Waals surface area contributed by atoms with Gasteiger partial charge in [-0.05, 0) is 62.3 Å². The smallest absolute Gasteiger partial charge is 0.314 e. The Balaban J connectivity index is -0.000000635. The van der Waals surface area contributed by atoms with Crippen LogP contribution in [0.15, 0.2) is 24.3 Å². The minimum Gasteiger partial charge on any atom is -0.427 e. The van der Waals surface area contributed by atoms with E-state index in [1.807, 2.05) is 20.8 Å². The van der Waals surface area contributed by atoms with E-state index in [1.54, 1.807) is 24.3 Å². The molecule has 1 saturated carbocycles. The molecular weight excluding hydrogens is 400 g/mol. The molecule has 0 spiro atoms. The quantitative estimate of drug-likeness (QED) is 0.275. The van der Waals surface area contributed by atoms with Crippen LogP contribution in [0.4, 0.5) is 0 Å². The maximum absolute atomic E-state index is 12.4. The Kier molecular flexibility index (Phi) is 26.2. The molecule has 0 amide bonds. The number of rotatable bonds is 9. The number of carbonyl (C=O) groups excluding carboxylic acids is 2. The van der Waals surface area contributed by atoms with Gasteiger partial charge >= 0.3 is 11.9 Å². The number of esters is 2. The van der Waals surface area contributed by atoms with Crippen LogP contribution in [0.2, 0.25) is 0 Å². The summed E-state index contributed by atoms with van der Waals surface area (Å²) < 4.78 is 10.8. The monoisotopic (exact) mass is 454 g/mol. The predicted octanol–water partition coefficient (Wildman–Crippen LogP) is 9.25. The maximum Gasteiger partial charge on any atom is 0.314 e. The van der Waals surface area contributed by atoms with Crippen molar-refractivity contribution in [3.8, 4) is 11.5 Å². The van der Waals surface area contributed by atoms with Crippen molar-refractivity contribution in [2.75, 3.05) is 0 Å². The molecule has 32 heavy (non-hydrogen) atoms. The summed E-state index contributed by atoms with van der Waals surface area (Å²) in [5, 5.41) is 0. The van der Waals surface area contributed by atoms with Gasteiger partial charge in [-0.3, -0.25) is 9.59 Å². The van der Waals surface area contributed by atoms with E-state index in [0.29, 0.717) is 17.9 Å². The summed E-state index contributed by atoms with van der Waals surface area (Å²) in [5.74, 6) is 1.43. The van der Waals surface area contributed by atoms with Crippen molar-refractivity contribution in [2.45, 2.75) is 122 Å². The van der Waals surface area contributed by atoms with Gasteiger partial charge in [0.15, 0.2) is 0 Å². The fourth-order valence-corrected chi connectivity index (χ4v) is 3.46. The third-order valence-electron chi connectivity index (χ3n) is 5.15. The molecule has 1 fully saturated rings. The van der Waals surface area contributed by atoms with Crippen LogP contribution < -0.4 is 9.47 Å². The summed E-state index contributed by atoms with van der Waals surface area (Å²) >= 11 is 0. The van der Waals surface area contributed by atoms with Crippen molar-refractivity contribution < 1.29 is 19.1 Å². The number of ether oxygens (including phenoxy) is 2. The zero-order chi connectivity index (χ0) is 20.8. The van der Waals surface area contributed by atoms with Crippen molar-refractivity contribution in [3.63, 3.8) is 0 Å². The molecule has 1 aromatic rings. The molecule has 0 saturated heterocycles. The van der Waals surface area contributed by atoms with Crippen LogP contribution in [-0.2, 0) is 9.59 Å². The molecule has 0 N–H and O–H groups in total. The lowest BCUT2D eigenvalue weighted by molar-refractivity contribution is -0.140. The number of unbranched alkanes of at least 4 members (excludes halogenated alkanes) is 2. The highest BCUT2D eigenvalue weighted by atomic mass is 16.5. The largest absolute Gasteiger partial charge is 0.427 e. The Bertz CT molecular complexity index is 557. The van der Waals surface area contributed by atoms with Crippen molar-refractivity contribution in [1.29, 1.82) is 0 Å².